The van der Waals surface area contributed by atoms with Crippen LogP contribution in [-0.4, -0.2) is 40.8 Å². The highest BCUT2D eigenvalue weighted by molar-refractivity contribution is 5.83. The van der Waals surface area contributed by atoms with Crippen LogP contribution < -0.4 is 15.0 Å². The fraction of sp³-hybridized carbons (Fsp3) is 0.455. The zero-order valence-electron chi connectivity index (χ0n) is 16.3. The van der Waals surface area contributed by atoms with Crippen LogP contribution in [0.2, 0.25) is 0 Å². The number of fused-ring (bicyclic) bond motifs is 1. The van der Waals surface area contributed by atoms with Crippen molar-refractivity contribution < 1.29 is 19.0 Å². The van der Waals surface area contributed by atoms with Crippen molar-refractivity contribution in [3.63, 3.8) is 0 Å². The van der Waals surface area contributed by atoms with E-state index < -0.39 is 18.9 Å². The van der Waals surface area contributed by atoms with Gasteiger partial charge < -0.3 is 20.1 Å². The number of aliphatic hydroxyl groups is 1. The maximum atomic E-state index is 12.9. The molecule has 1 aromatic heterocycles. The van der Waals surface area contributed by atoms with Crippen LogP contribution in [0.1, 0.15) is 36.9 Å². The first kappa shape index (κ1) is 19.6. The molecule has 6 nitrogen and oxygen atoms in total. The van der Waals surface area contributed by atoms with E-state index in [1.54, 1.807) is 12.3 Å². The van der Waals surface area contributed by atoms with Gasteiger partial charge in [-0.2, -0.15) is 0 Å². The number of ether oxygens (including phenoxy) is 1. The van der Waals surface area contributed by atoms with Crippen molar-refractivity contribution in [2.45, 2.75) is 57.2 Å². The fourth-order valence-electron chi connectivity index (χ4n) is 4.00. The van der Waals surface area contributed by atoms with Crippen molar-refractivity contribution >= 4 is 11.6 Å². The molecular weight excluding hydrogens is 373 g/mol. The molecule has 1 aromatic carbocycles. The Labute approximate surface area is 169 Å². The lowest BCUT2D eigenvalue weighted by Gasteiger charge is -2.37. The predicted molar refractivity (Wildman–Crippen MR) is 107 cm³/mol. The van der Waals surface area contributed by atoms with E-state index in [9.17, 15) is 14.3 Å². The third kappa shape index (κ3) is 4.50. The van der Waals surface area contributed by atoms with Crippen molar-refractivity contribution in [1.29, 1.82) is 0 Å². The average molecular weight is 399 g/mol. The van der Waals surface area contributed by atoms with Gasteiger partial charge in [0.1, 0.15) is 12.4 Å². The number of amides is 1. The second-order valence-electron chi connectivity index (χ2n) is 7.71. The van der Waals surface area contributed by atoms with Crippen molar-refractivity contribution in [1.82, 2.24) is 10.3 Å². The number of aliphatic hydroxyl groups excluding tert-OH is 1. The minimum absolute atomic E-state index is 0.207. The highest BCUT2D eigenvalue weighted by Crippen LogP contribution is 2.34. The van der Waals surface area contributed by atoms with Gasteiger partial charge in [0, 0.05) is 12.7 Å². The molecule has 1 amide bonds. The number of halogens is 1. The number of alkyl halides is 1. The summed E-state index contributed by atoms with van der Waals surface area (Å²) < 4.78 is 18.7. The summed E-state index contributed by atoms with van der Waals surface area (Å²) >= 11 is 0. The van der Waals surface area contributed by atoms with Crippen LogP contribution in [0.5, 0.6) is 5.75 Å². The monoisotopic (exact) mass is 399 g/mol. The molecule has 0 spiro atoms. The first-order chi connectivity index (χ1) is 14.1. The van der Waals surface area contributed by atoms with Gasteiger partial charge in [0.25, 0.3) is 5.91 Å². The molecule has 0 bridgehead atoms. The summed E-state index contributed by atoms with van der Waals surface area (Å²) in [6.45, 7) is 0.336. The van der Waals surface area contributed by atoms with Crippen molar-refractivity contribution in [2.24, 2.45) is 0 Å². The highest BCUT2D eigenvalue weighted by atomic mass is 19.1. The van der Waals surface area contributed by atoms with E-state index >= 15 is 0 Å². The van der Waals surface area contributed by atoms with Gasteiger partial charge in [-0.05, 0) is 36.6 Å². The Morgan fingerprint density at radius 1 is 1.24 bits per heavy atom. The molecule has 1 aliphatic carbocycles. The fourth-order valence-corrected chi connectivity index (χ4v) is 4.00. The summed E-state index contributed by atoms with van der Waals surface area (Å²) in [6.07, 6.45) is 3.99. The first-order valence-electron chi connectivity index (χ1n) is 10.1. The number of anilines is 1. The molecule has 2 N–H and O–H groups in total. The molecule has 1 aliphatic heterocycles. The van der Waals surface area contributed by atoms with Crippen LogP contribution in [0.3, 0.4) is 0 Å². The highest BCUT2D eigenvalue weighted by Gasteiger charge is 2.33. The van der Waals surface area contributed by atoms with Gasteiger partial charge in [0.05, 0.1) is 30.1 Å². The number of nitrogens with one attached hydrogen (secondary N) is 1. The van der Waals surface area contributed by atoms with Crippen LogP contribution in [0, 0.1) is 0 Å². The molecule has 0 radical (unpaired) electrons. The second kappa shape index (κ2) is 8.78. The van der Waals surface area contributed by atoms with E-state index in [0.717, 1.165) is 30.5 Å². The topological polar surface area (TPSA) is 74.7 Å². The molecule has 3 atom stereocenters. The molecule has 29 heavy (non-hydrogen) atoms. The van der Waals surface area contributed by atoms with E-state index in [0.29, 0.717) is 31.0 Å². The number of carbonyl (C=O) groups excluding carboxylic acids is 1. The summed E-state index contributed by atoms with van der Waals surface area (Å²) in [5.74, 6) is 0.442. The lowest BCUT2D eigenvalue weighted by Crippen LogP contribution is -2.54. The number of para-hydroxylation sites is 2. The Morgan fingerprint density at radius 2 is 2.07 bits per heavy atom. The molecule has 4 rings (SSSR count). The Morgan fingerprint density at radius 3 is 2.83 bits per heavy atom. The van der Waals surface area contributed by atoms with E-state index in [-0.39, 0.29) is 11.9 Å². The quantitative estimate of drug-likeness (QED) is 0.809. The molecule has 1 saturated carbocycles. The molecule has 2 heterocycles. The Balaban J connectivity index is 1.49. The summed E-state index contributed by atoms with van der Waals surface area (Å²) in [6, 6.07) is 10.9. The summed E-state index contributed by atoms with van der Waals surface area (Å²) in [5, 5.41) is 13.1. The van der Waals surface area contributed by atoms with Gasteiger partial charge in [-0.15, -0.1) is 0 Å². The van der Waals surface area contributed by atoms with E-state index in [1.165, 1.54) is 0 Å². The first-order valence-corrected chi connectivity index (χ1v) is 10.1. The standard InChI is InChI=1S/C22H26FN3O3/c23-11-16-10-9-15(12-24-16)13-26-14-21(29-20-8-4-2-6-18(20)26)22(28)25-17-5-1-3-7-19(17)27/h2,4,6,8-10,12,17,19,21,27H,1,3,5,7,11,13-14H2,(H,25,28)/t17-,19-,21?/m0/s1. The van der Waals surface area contributed by atoms with Crippen LogP contribution in [0.25, 0.3) is 0 Å². The number of pyridine rings is 1. The van der Waals surface area contributed by atoms with E-state index in [2.05, 4.69) is 15.2 Å². The SMILES string of the molecule is O=C(N[C@H]1CCCC[C@@H]1O)C1CN(Cc2ccc(CF)nc2)c2ccccc2O1. The minimum Gasteiger partial charge on any atom is -0.477 e. The Kier molecular flexibility index (Phi) is 5.94. The number of nitrogens with zero attached hydrogens (tertiary/aromatic N) is 2. The van der Waals surface area contributed by atoms with Gasteiger partial charge in [-0.3, -0.25) is 9.78 Å². The smallest absolute Gasteiger partial charge is 0.263 e. The molecule has 1 fully saturated rings. The van der Waals surface area contributed by atoms with Crippen molar-refractivity contribution in [3.8, 4) is 5.75 Å². The second-order valence-corrected chi connectivity index (χ2v) is 7.71. The van der Waals surface area contributed by atoms with Crippen LogP contribution in [0.15, 0.2) is 42.6 Å². The van der Waals surface area contributed by atoms with E-state index in [1.807, 2.05) is 30.3 Å². The zero-order chi connectivity index (χ0) is 20.2. The Hall–Kier alpha value is -2.67. The molecule has 2 aliphatic rings. The average Bonchev–Trinajstić information content (AvgIpc) is 2.76. The normalized spacial score (nSPS) is 23.8. The van der Waals surface area contributed by atoms with Crippen LogP contribution in [-0.2, 0) is 18.0 Å². The number of benzene rings is 1. The van der Waals surface area contributed by atoms with E-state index in [4.69, 9.17) is 4.74 Å². The summed E-state index contributed by atoms with van der Waals surface area (Å²) in [5.41, 5.74) is 2.24. The molecule has 1 unspecified atom stereocenters. The van der Waals surface area contributed by atoms with Crippen LogP contribution >= 0.6 is 0 Å². The number of carbonyl (C=O) groups is 1. The van der Waals surface area contributed by atoms with Gasteiger partial charge in [-0.25, -0.2) is 4.39 Å². The lowest BCUT2D eigenvalue weighted by molar-refractivity contribution is -0.129. The molecule has 154 valence electrons. The number of hydrogen-bond donors (Lipinski definition) is 2. The largest absolute Gasteiger partial charge is 0.477 e. The molecule has 7 heteroatoms. The zero-order valence-corrected chi connectivity index (χ0v) is 16.3. The molecule has 2 aromatic rings. The van der Waals surface area contributed by atoms with Gasteiger partial charge in [0.2, 0.25) is 0 Å². The molecular formula is C22H26FN3O3. The summed E-state index contributed by atoms with van der Waals surface area (Å²) in [4.78, 5) is 19.1. The lowest BCUT2D eigenvalue weighted by atomic mass is 9.92. The number of hydrogen-bond acceptors (Lipinski definition) is 5. The van der Waals surface area contributed by atoms with Crippen molar-refractivity contribution in [3.05, 3.63) is 53.9 Å². The predicted octanol–water partition coefficient (Wildman–Crippen LogP) is 2.74. The number of aromatic nitrogens is 1. The maximum Gasteiger partial charge on any atom is 0.263 e. The third-order valence-electron chi connectivity index (χ3n) is 5.61. The van der Waals surface area contributed by atoms with Gasteiger partial charge >= 0.3 is 0 Å². The van der Waals surface area contributed by atoms with Crippen molar-refractivity contribution in [2.75, 3.05) is 11.4 Å². The minimum atomic E-state index is -0.669. The maximum absolute atomic E-state index is 12.9. The third-order valence-corrected chi connectivity index (χ3v) is 5.61. The summed E-state index contributed by atoms with van der Waals surface area (Å²) in [7, 11) is 0. The van der Waals surface area contributed by atoms with Gasteiger partial charge in [-0.1, -0.05) is 31.0 Å². The molecule has 0 saturated heterocycles. The number of rotatable bonds is 5. The van der Waals surface area contributed by atoms with Gasteiger partial charge in [0.15, 0.2) is 6.10 Å². The Bertz CT molecular complexity index is 845. The van der Waals surface area contributed by atoms with Crippen LogP contribution in [0.4, 0.5) is 10.1 Å².